The van der Waals surface area contributed by atoms with Crippen molar-refractivity contribution in [3.8, 4) is 5.75 Å². The fourth-order valence-corrected chi connectivity index (χ4v) is 7.80. The fourth-order valence-electron chi connectivity index (χ4n) is 7.80. The van der Waals surface area contributed by atoms with E-state index in [1.54, 1.807) is 7.11 Å². The first-order valence-corrected chi connectivity index (χ1v) is 16.9. The molecule has 2 aromatic rings. The Labute approximate surface area is 268 Å². The van der Waals surface area contributed by atoms with Crippen molar-refractivity contribution in [2.45, 2.75) is 128 Å². The third kappa shape index (κ3) is 7.41. The Morgan fingerprint density at radius 2 is 1.60 bits per heavy atom. The third-order valence-electron chi connectivity index (χ3n) is 10.4. The summed E-state index contributed by atoms with van der Waals surface area (Å²) in [5, 5.41) is 0. The Balaban J connectivity index is 1.16. The number of carbonyl (C=O) groups is 1. The molecule has 1 spiro atoms. The van der Waals surface area contributed by atoms with Crippen molar-refractivity contribution in [1.82, 2.24) is 0 Å². The lowest BCUT2D eigenvalue weighted by Crippen LogP contribution is -2.63. The van der Waals surface area contributed by atoms with E-state index in [0.29, 0.717) is 25.4 Å². The van der Waals surface area contributed by atoms with E-state index in [1.807, 2.05) is 54.6 Å². The van der Waals surface area contributed by atoms with Crippen LogP contribution in [0.5, 0.6) is 5.75 Å². The summed E-state index contributed by atoms with van der Waals surface area (Å²) < 4.78 is 44.5. The molecule has 0 aliphatic carbocycles. The van der Waals surface area contributed by atoms with Crippen LogP contribution in [0.3, 0.4) is 0 Å². The van der Waals surface area contributed by atoms with Gasteiger partial charge < -0.3 is 33.2 Å². The summed E-state index contributed by atoms with van der Waals surface area (Å²) in [4.78, 5) is 13.2. The molecule has 45 heavy (non-hydrogen) atoms. The van der Waals surface area contributed by atoms with Crippen LogP contribution in [-0.4, -0.2) is 61.6 Å². The number of fused-ring (bicyclic) bond motifs is 2. The molecule has 4 aliphatic heterocycles. The van der Waals surface area contributed by atoms with Crippen LogP contribution in [0.4, 0.5) is 0 Å². The first-order valence-electron chi connectivity index (χ1n) is 16.9. The highest BCUT2D eigenvalue weighted by molar-refractivity contribution is 5.70. The highest BCUT2D eigenvalue weighted by Crippen LogP contribution is 2.49. The van der Waals surface area contributed by atoms with Gasteiger partial charge in [-0.3, -0.25) is 4.79 Å². The van der Waals surface area contributed by atoms with Crippen molar-refractivity contribution in [2.75, 3.05) is 7.11 Å². The predicted octanol–water partition coefficient (Wildman–Crippen LogP) is 6.62. The summed E-state index contributed by atoms with van der Waals surface area (Å²) in [6, 6.07) is 17.6. The number of rotatable bonds is 10. The first kappa shape index (κ1) is 32.5. The zero-order valence-corrected chi connectivity index (χ0v) is 27.4. The molecule has 0 bridgehead atoms. The van der Waals surface area contributed by atoms with E-state index < -0.39 is 11.9 Å². The maximum atomic E-state index is 13.2. The topological polar surface area (TPSA) is 81.7 Å². The van der Waals surface area contributed by atoms with E-state index in [2.05, 4.69) is 27.7 Å². The Morgan fingerprint density at radius 3 is 2.33 bits per heavy atom. The van der Waals surface area contributed by atoms with Gasteiger partial charge in [0.15, 0.2) is 5.79 Å². The van der Waals surface area contributed by atoms with Crippen LogP contribution < -0.4 is 4.74 Å². The van der Waals surface area contributed by atoms with Gasteiger partial charge >= 0.3 is 5.97 Å². The van der Waals surface area contributed by atoms with Gasteiger partial charge in [-0.1, -0.05) is 76.6 Å². The molecule has 8 heteroatoms. The van der Waals surface area contributed by atoms with E-state index in [9.17, 15) is 4.79 Å². The lowest BCUT2D eigenvalue weighted by Gasteiger charge is -2.55. The molecule has 0 N–H and O–H groups in total. The Bertz CT molecular complexity index is 1250. The number of methoxy groups -OCH3 is 1. The summed E-state index contributed by atoms with van der Waals surface area (Å²) in [6.07, 6.45) is 3.76. The minimum absolute atomic E-state index is 0.00777. The fraction of sp³-hybridized carbons (Fsp3) is 0.649. The first-order chi connectivity index (χ1) is 21.8. The number of hydrogen-bond acceptors (Lipinski definition) is 8. The molecule has 4 saturated heterocycles. The van der Waals surface area contributed by atoms with Crippen molar-refractivity contribution < 1.29 is 38.0 Å². The van der Waals surface area contributed by atoms with Crippen molar-refractivity contribution >= 4 is 5.97 Å². The predicted molar refractivity (Wildman–Crippen MR) is 168 cm³/mol. The monoisotopic (exact) mass is 622 g/mol. The maximum absolute atomic E-state index is 13.2. The summed E-state index contributed by atoms with van der Waals surface area (Å²) in [5.74, 6) is 0.490. The van der Waals surface area contributed by atoms with Gasteiger partial charge in [0.1, 0.15) is 12.4 Å². The number of benzene rings is 2. The van der Waals surface area contributed by atoms with Crippen LogP contribution in [0.2, 0.25) is 0 Å². The summed E-state index contributed by atoms with van der Waals surface area (Å²) in [7, 11) is 1.66. The van der Waals surface area contributed by atoms with Crippen molar-refractivity contribution in [2.24, 2.45) is 17.8 Å². The van der Waals surface area contributed by atoms with Gasteiger partial charge in [0, 0.05) is 25.7 Å². The Morgan fingerprint density at radius 1 is 0.889 bits per heavy atom. The summed E-state index contributed by atoms with van der Waals surface area (Å²) >= 11 is 0. The SMILES string of the molecule is CC[C@H](C)[C@@H]1C[C@H]2O[C@@H]3[C@H](C[C@H]2O1)O[C@]1(C[C@H](C)[C@H](OCc2ccc(OC)cc2)[C@H](CC(=O)OCc2ccccc2)O1)C[C@@H]3C. The molecule has 11 atom stereocenters. The molecule has 6 rings (SSSR count). The van der Waals surface area contributed by atoms with Crippen molar-refractivity contribution in [3.05, 3.63) is 65.7 Å². The maximum Gasteiger partial charge on any atom is 0.308 e. The molecule has 0 amide bonds. The highest BCUT2D eigenvalue weighted by Gasteiger charge is 2.57. The number of carbonyl (C=O) groups excluding carboxylic acids is 1. The molecule has 0 saturated carbocycles. The molecule has 8 nitrogen and oxygen atoms in total. The average Bonchev–Trinajstić information content (AvgIpc) is 3.46. The van der Waals surface area contributed by atoms with E-state index in [1.165, 1.54) is 0 Å². The van der Waals surface area contributed by atoms with Gasteiger partial charge in [-0.05, 0) is 41.0 Å². The van der Waals surface area contributed by atoms with Crippen LogP contribution in [-0.2, 0) is 46.4 Å². The van der Waals surface area contributed by atoms with Gasteiger partial charge in [0.05, 0.1) is 62.9 Å². The number of ether oxygens (including phenoxy) is 7. The van der Waals surface area contributed by atoms with E-state index in [-0.39, 0.29) is 67.5 Å². The number of hydrogen-bond donors (Lipinski definition) is 0. The smallest absolute Gasteiger partial charge is 0.308 e. The quantitative estimate of drug-likeness (QED) is 0.274. The molecular formula is C37H50O8. The molecule has 0 aromatic heterocycles. The van der Waals surface area contributed by atoms with Crippen LogP contribution in [0.15, 0.2) is 54.6 Å². The molecule has 0 radical (unpaired) electrons. The van der Waals surface area contributed by atoms with Crippen molar-refractivity contribution in [1.29, 1.82) is 0 Å². The Kier molecular flexibility index (Phi) is 10.2. The minimum Gasteiger partial charge on any atom is -0.497 e. The van der Waals surface area contributed by atoms with Gasteiger partial charge in [-0.25, -0.2) is 0 Å². The van der Waals surface area contributed by atoms with Crippen LogP contribution in [0, 0.1) is 17.8 Å². The van der Waals surface area contributed by atoms with Crippen LogP contribution in [0.25, 0.3) is 0 Å². The van der Waals surface area contributed by atoms with E-state index in [4.69, 9.17) is 33.2 Å². The second-order valence-corrected chi connectivity index (χ2v) is 13.8. The lowest BCUT2D eigenvalue weighted by molar-refractivity contribution is -0.376. The van der Waals surface area contributed by atoms with E-state index >= 15 is 0 Å². The van der Waals surface area contributed by atoms with Gasteiger partial charge in [-0.2, -0.15) is 0 Å². The summed E-state index contributed by atoms with van der Waals surface area (Å²) in [6.45, 7) is 9.52. The largest absolute Gasteiger partial charge is 0.497 e. The standard InChI is InChI=1S/C37H50O8/c1-6-23(2)29-16-31-30(42-29)17-32-36(43-31)25(4)20-37(44-32)19-24(3)35(41-22-27-12-14-28(39-5)15-13-27)33(45-37)18-34(38)40-21-26-10-8-7-9-11-26/h7-15,23-25,29-33,35-36H,6,16-22H2,1-5H3/t23-,24-,25-,29-,30+,31+,32-,33-,35-,36-,37-/m0/s1. The normalized spacial score (nSPS) is 36.6. The third-order valence-corrected chi connectivity index (χ3v) is 10.4. The summed E-state index contributed by atoms with van der Waals surface area (Å²) in [5.41, 5.74) is 1.98. The molecule has 0 unspecified atom stereocenters. The zero-order valence-electron chi connectivity index (χ0n) is 27.4. The number of esters is 1. The average molecular weight is 623 g/mol. The second kappa shape index (κ2) is 14.1. The van der Waals surface area contributed by atoms with Crippen LogP contribution >= 0.6 is 0 Å². The highest BCUT2D eigenvalue weighted by atomic mass is 16.7. The molecule has 4 fully saturated rings. The van der Waals surface area contributed by atoms with Gasteiger partial charge in [0.25, 0.3) is 0 Å². The van der Waals surface area contributed by atoms with Crippen LogP contribution in [0.1, 0.15) is 77.3 Å². The van der Waals surface area contributed by atoms with Gasteiger partial charge in [-0.15, -0.1) is 0 Å². The molecule has 2 aromatic carbocycles. The molecule has 4 aliphatic rings. The second-order valence-electron chi connectivity index (χ2n) is 13.8. The molecule has 246 valence electrons. The zero-order chi connectivity index (χ0) is 31.6. The molecular weight excluding hydrogens is 572 g/mol. The van der Waals surface area contributed by atoms with Gasteiger partial charge in [0.2, 0.25) is 0 Å². The van der Waals surface area contributed by atoms with Crippen molar-refractivity contribution in [3.63, 3.8) is 0 Å². The molecule has 4 heterocycles. The lowest BCUT2D eigenvalue weighted by atomic mass is 9.78. The van der Waals surface area contributed by atoms with E-state index in [0.717, 1.165) is 36.1 Å². The minimum atomic E-state index is -0.824. The Hall–Kier alpha value is -2.49.